The lowest BCUT2D eigenvalue weighted by Crippen LogP contribution is -2.21. The Morgan fingerprint density at radius 3 is 2.66 bits per heavy atom. The van der Waals surface area contributed by atoms with Gasteiger partial charge in [0.1, 0.15) is 0 Å². The molecule has 0 radical (unpaired) electrons. The van der Waals surface area contributed by atoms with Gasteiger partial charge >= 0.3 is 0 Å². The van der Waals surface area contributed by atoms with Crippen molar-refractivity contribution in [1.29, 1.82) is 0 Å². The Balaban J connectivity index is 1.42. The molecule has 0 aliphatic heterocycles. The second kappa shape index (κ2) is 13.4. The zero-order valence-corrected chi connectivity index (χ0v) is 23.6. The number of rotatable bonds is 10. The molecular formula is C33H34N4O4. The van der Waals surface area contributed by atoms with E-state index in [9.17, 15) is 14.7 Å². The molecule has 3 N–H and O–H groups in total. The van der Waals surface area contributed by atoms with E-state index in [0.29, 0.717) is 35.7 Å². The Hall–Kier alpha value is -4.98. The number of amides is 2. The molecule has 8 nitrogen and oxygen atoms in total. The molecule has 2 amide bonds. The number of methoxy groups -OCH3 is 1. The summed E-state index contributed by atoms with van der Waals surface area (Å²) in [6.45, 7) is 6.22. The Morgan fingerprint density at radius 2 is 1.90 bits per heavy atom. The molecule has 3 aromatic carbocycles. The minimum absolute atomic E-state index is 0.0683. The lowest BCUT2D eigenvalue weighted by atomic mass is 9.95. The molecule has 4 aromatic rings. The summed E-state index contributed by atoms with van der Waals surface area (Å²) in [6, 6.07) is 18.3. The number of phenols is 1. The second-order valence-corrected chi connectivity index (χ2v) is 9.83. The molecule has 1 aromatic heterocycles. The van der Waals surface area contributed by atoms with Crippen molar-refractivity contribution >= 4 is 17.5 Å². The fourth-order valence-corrected chi connectivity index (χ4v) is 4.47. The molecule has 41 heavy (non-hydrogen) atoms. The summed E-state index contributed by atoms with van der Waals surface area (Å²) in [5.41, 5.74) is 6.50. The number of phenolic OH excluding ortho intramolecular Hbond substituents is 1. The molecule has 8 heteroatoms. The van der Waals surface area contributed by atoms with E-state index < -0.39 is 0 Å². The van der Waals surface area contributed by atoms with Crippen LogP contribution in [0.15, 0.2) is 85.2 Å². The average molecular weight is 551 g/mol. The molecule has 0 saturated heterocycles. The summed E-state index contributed by atoms with van der Waals surface area (Å²) < 4.78 is 5.22. The van der Waals surface area contributed by atoms with Crippen LogP contribution in [0.25, 0.3) is 11.3 Å². The highest BCUT2D eigenvalue weighted by Gasteiger charge is 2.13. The second-order valence-electron chi connectivity index (χ2n) is 9.83. The van der Waals surface area contributed by atoms with Crippen LogP contribution in [0.2, 0.25) is 0 Å². The third-order valence-electron chi connectivity index (χ3n) is 6.76. The maximum atomic E-state index is 13.0. The monoisotopic (exact) mass is 550 g/mol. The summed E-state index contributed by atoms with van der Waals surface area (Å²) in [6.07, 6.45) is 7.25. The van der Waals surface area contributed by atoms with Crippen LogP contribution in [0.4, 0.5) is 5.69 Å². The van der Waals surface area contributed by atoms with Crippen LogP contribution in [-0.2, 0) is 17.8 Å². The number of aromatic hydroxyl groups is 1. The van der Waals surface area contributed by atoms with Gasteiger partial charge in [-0.3, -0.25) is 14.6 Å². The summed E-state index contributed by atoms with van der Waals surface area (Å²) in [5, 5.41) is 15.7. The standard InChI is InChI=1S/C33H34N4O4/c1-5-7-32(39)35-18-26-11-10-25(14-21(26)2)33(40)37-27-9-6-8-23(16-27)22(3)15-28-19-34-20-29(36-28)24-12-13-30(38)31(17-24)41-4/h5-14,16-17,19-20,22,38H,15,18H2,1-4H3,(H,35,39)(H,37,40)/b7-5+/t22-/m1/s1. The third kappa shape index (κ3) is 7.57. The van der Waals surface area contributed by atoms with Crippen molar-refractivity contribution < 1.29 is 19.4 Å². The minimum Gasteiger partial charge on any atom is -0.504 e. The van der Waals surface area contributed by atoms with Crippen LogP contribution in [0.3, 0.4) is 0 Å². The normalized spacial score (nSPS) is 11.7. The number of aromatic nitrogens is 2. The van der Waals surface area contributed by atoms with Gasteiger partial charge in [-0.05, 0) is 91.4 Å². The highest BCUT2D eigenvalue weighted by molar-refractivity contribution is 6.04. The molecule has 0 fully saturated rings. The van der Waals surface area contributed by atoms with Crippen molar-refractivity contribution in [3.63, 3.8) is 0 Å². The molecule has 0 bridgehead atoms. The largest absolute Gasteiger partial charge is 0.504 e. The van der Waals surface area contributed by atoms with E-state index in [4.69, 9.17) is 9.72 Å². The number of ether oxygens (including phenoxy) is 1. The number of hydrogen-bond acceptors (Lipinski definition) is 6. The van der Waals surface area contributed by atoms with Crippen LogP contribution in [0, 0.1) is 6.92 Å². The van der Waals surface area contributed by atoms with Gasteiger partial charge in [-0.2, -0.15) is 0 Å². The number of aryl methyl sites for hydroxylation is 1. The molecule has 0 spiro atoms. The summed E-state index contributed by atoms with van der Waals surface area (Å²) in [5.74, 6) is 0.205. The van der Waals surface area contributed by atoms with Crippen LogP contribution in [0.5, 0.6) is 11.5 Å². The topological polar surface area (TPSA) is 113 Å². The van der Waals surface area contributed by atoms with Crippen molar-refractivity contribution in [1.82, 2.24) is 15.3 Å². The lowest BCUT2D eigenvalue weighted by Gasteiger charge is -2.14. The number of benzene rings is 3. The van der Waals surface area contributed by atoms with E-state index in [-0.39, 0.29) is 23.5 Å². The van der Waals surface area contributed by atoms with E-state index in [1.807, 2.05) is 43.3 Å². The van der Waals surface area contributed by atoms with E-state index >= 15 is 0 Å². The van der Waals surface area contributed by atoms with Gasteiger partial charge in [-0.15, -0.1) is 0 Å². The third-order valence-corrected chi connectivity index (χ3v) is 6.76. The number of allylic oxidation sites excluding steroid dienone is 1. The molecular weight excluding hydrogens is 516 g/mol. The number of nitrogens with zero attached hydrogens (tertiary/aromatic N) is 2. The first-order valence-electron chi connectivity index (χ1n) is 13.4. The van der Waals surface area contributed by atoms with Gasteiger partial charge in [0.2, 0.25) is 5.91 Å². The van der Waals surface area contributed by atoms with Gasteiger partial charge in [0.05, 0.1) is 24.7 Å². The van der Waals surface area contributed by atoms with E-state index in [1.54, 1.807) is 49.7 Å². The van der Waals surface area contributed by atoms with Crippen LogP contribution in [-0.4, -0.2) is 34.0 Å². The van der Waals surface area contributed by atoms with Crippen molar-refractivity contribution in [2.45, 2.75) is 39.7 Å². The molecule has 0 unspecified atom stereocenters. The number of carbonyl (C=O) groups is 2. The Kier molecular flexibility index (Phi) is 9.47. The fourth-order valence-electron chi connectivity index (χ4n) is 4.47. The molecule has 1 heterocycles. The number of anilines is 1. The number of carbonyl (C=O) groups excluding carboxylic acids is 2. The van der Waals surface area contributed by atoms with E-state index in [2.05, 4.69) is 22.5 Å². The predicted octanol–water partition coefficient (Wildman–Crippen LogP) is 5.96. The Labute approximate surface area is 240 Å². The highest BCUT2D eigenvalue weighted by Crippen LogP contribution is 2.31. The van der Waals surface area contributed by atoms with Crippen molar-refractivity contribution in [3.8, 4) is 22.8 Å². The SMILES string of the molecule is C/C=C/C(=O)NCc1ccc(C(=O)Nc2cccc([C@H](C)Cc3cncc(-c4ccc(O)c(OC)c4)n3)c2)cc1C. The van der Waals surface area contributed by atoms with Gasteiger partial charge in [0.15, 0.2) is 11.5 Å². The maximum absolute atomic E-state index is 13.0. The van der Waals surface area contributed by atoms with Gasteiger partial charge in [0.25, 0.3) is 5.91 Å². The number of nitrogens with one attached hydrogen (secondary N) is 2. The smallest absolute Gasteiger partial charge is 0.255 e. The first kappa shape index (κ1) is 29.0. The summed E-state index contributed by atoms with van der Waals surface area (Å²) in [7, 11) is 1.51. The Morgan fingerprint density at radius 1 is 1.07 bits per heavy atom. The molecule has 0 aliphatic carbocycles. The van der Waals surface area contributed by atoms with Crippen LogP contribution < -0.4 is 15.4 Å². The first-order valence-corrected chi connectivity index (χ1v) is 13.4. The molecule has 210 valence electrons. The fraction of sp³-hybridized carbons (Fsp3) is 0.212. The zero-order valence-electron chi connectivity index (χ0n) is 23.6. The minimum atomic E-state index is -0.203. The first-order chi connectivity index (χ1) is 19.8. The molecule has 0 saturated carbocycles. The van der Waals surface area contributed by atoms with Gasteiger partial charge in [0, 0.05) is 29.6 Å². The van der Waals surface area contributed by atoms with Crippen LogP contribution >= 0.6 is 0 Å². The lowest BCUT2D eigenvalue weighted by molar-refractivity contribution is -0.116. The average Bonchev–Trinajstić information content (AvgIpc) is 2.97. The van der Waals surface area contributed by atoms with Crippen molar-refractivity contribution in [3.05, 3.63) is 113 Å². The van der Waals surface area contributed by atoms with Gasteiger partial charge in [-0.25, -0.2) is 4.98 Å². The molecule has 0 aliphatic rings. The zero-order chi connectivity index (χ0) is 29.4. The quantitative estimate of drug-likeness (QED) is 0.210. The maximum Gasteiger partial charge on any atom is 0.255 e. The molecule has 4 rings (SSSR count). The van der Waals surface area contributed by atoms with Crippen LogP contribution in [0.1, 0.15) is 52.5 Å². The van der Waals surface area contributed by atoms with E-state index in [0.717, 1.165) is 27.9 Å². The highest BCUT2D eigenvalue weighted by atomic mass is 16.5. The van der Waals surface area contributed by atoms with Gasteiger partial charge < -0.3 is 20.5 Å². The van der Waals surface area contributed by atoms with Crippen molar-refractivity contribution in [2.24, 2.45) is 0 Å². The summed E-state index contributed by atoms with van der Waals surface area (Å²) >= 11 is 0. The Bertz CT molecular complexity index is 1580. The van der Waals surface area contributed by atoms with E-state index in [1.165, 1.54) is 13.2 Å². The van der Waals surface area contributed by atoms with Gasteiger partial charge in [-0.1, -0.05) is 31.2 Å². The predicted molar refractivity (Wildman–Crippen MR) is 160 cm³/mol. The molecule has 1 atom stereocenters. The van der Waals surface area contributed by atoms with Crippen molar-refractivity contribution in [2.75, 3.05) is 12.4 Å². The number of hydrogen-bond donors (Lipinski definition) is 3. The summed E-state index contributed by atoms with van der Waals surface area (Å²) in [4.78, 5) is 33.9.